The first kappa shape index (κ1) is 38.5. The van der Waals surface area contributed by atoms with Gasteiger partial charge in [-0.05, 0) is 18.6 Å². The molecule has 0 fully saturated rings. The van der Waals surface area contributed by atoms with Gasteiger partial charge in [-0.1, -0.05) is 103 Å². The topological polar surface area (TPSA) is 9.86 Å². The molecular formula is C27H43F9N2S3. The van der Waals surface area contributed by atoms with Crippen LogP contribution >= 0.6 is 37.5 Å². The minimum absolute atomic E-state index is 0.0727. The number of hydrogen-bond donors (Lipinski definition) is 2. The molecule has 0 atom stereocenters. The van der Waals surface area contributed by atoms with Crippen molar-refractivity contribution >= 4 is 37.5 Å². The largest absolute Gasteiger partial charge is 0.460 e. The molecule has 0 radical (unpaired) electrons. The highest BCUT2D eigenvalue weighted by Crippen LogP contribution is 2.54. The van der Waals surface area contributed by atoms with Crippen molar-refractivity contribution in [1.29, 1.82) is 0 Å². The number of hydrogen-bond acceptors (Lipinski definition) is 3. The van der Waals surface area contributed by atoms with E-state index in [0.717, 1.165) is 30.3 Å². The third-order valence-electron chi connectivity index (χ3n) is 7.27. The van der Waals surface area contributed by atoms with Crippen molar-refractivity contribution in [2.24, 2.45) is 0 Å². The highest BCUT2D eigenvalue weighted by Gasteiger charge is 2.81. The van der Waals surface area contributed by atoms with Crippen LogP contribution in [0.2, 0.25) is 0 Å². The molecule has 0 saturated carbocycles. The van der Waals surface area contributed by atoms with Gasteiger partial charge in [0.1, 0.15) is 10.1 Å². The fraction of sp³-hybridized carbons (Fsp3) is 0.889. The molecule has 0 aliphatic carbocycles. The van der Waals surface area contributed by atoms with Crippen molar-refractivity contribution in [1.82, 2.24) is 9.13 Å². The lowest BCUT2D eigenvalue weighted by Gasteiger charge is -2.33. The van der Waals surface area contributed by atoms with Crippen LogP contribution in [0.4, 0.5) is 39.5 Å². The highest BCUT2D eigenvalue weighted by atomic mass is 32.1. The first-order chi connectivity index (χ1) is 19.0. The molecule has 242 valence electrons. The minimum atomic E-state index is -6.91. The van der Waals surface area contributed by atoms with Crippen LogP contribution in [0.5, 0.6) is 0 Å². The average Bonchev–Trinajstić information content (AvgIpc) is 3.08. The van der Waals surface area contributed by atoms with E-state index in [1.807, 2.05) is 0 Å². The Morgan fingerprint density at radius 2 is 0.878 bits per heavy atom. The van der Waals surface area contributed by atoms with E-state index in [9.17, 15) is 39.5 Å². The molecule has 0 N–H and O–H groups in total. The molecule has 0 unspecified atom stereocenters. The summed E-state index contributed by atoms with van der Waals surface area (Å²) in [5, 5.41) is 0.0894. The van der Waals surface area contributed by atoms with Crippen molar-refractivity contribution in [3.8, 4) is 0 Å². The molecule has 0 saturated heterocycles. The van der Waals surface area contributed by atoms with Gasteiger partial charge in [-0.2, -0.15) is 39.5 Å². The van der Waals surface area contributed by atoms with Gasteiger partial charge >= 0.3 is 23.9 Å². The lowest BCUT2D eigenvalue weighted by atomic mass is 10.0. The molecule has 0 aliphatic heterocycles. The third kappa shape index (κ3) is 11.2. The van der Waals surface area contributed by atoms with Crippen molar-refractivity contribution in [2.75, 3.05) is 0 Å². The number of alkyl halides is 9. The number of thiol groups is 2. The van der Waals surface area contributed by atoms with E-state index < -0.39 is 36.9 Å². The summed E-state index contributed by atoms with van der Waals surface area (Å²) < 4.78 is 121. The summed E-state index contributed by atoms with van der Waals surface area (Å²) in [6.07, 6.45) is 10.1. The van der Waals surface area contributed by atoms with Gasteiger partial charge < -0.3 is 9.13 Å². The van der Waals surface area contributed by atoms with E-state index >= 15 is 0 Å². The monoisotopic (exact) mass is 662 g/mol. The fourth-order valence-corrected chi connectivity index (χ4v) is 5.74. The second-order valence-corrected chi connectivity index (χ2v) is 11.8. The van der Waals surface area contributed by atoms with Gasteiger partial charge in [-0.25, -0.2) is 0 Å². The van der Waals surface area contributed by atoms with E-state index in [1.165, 1.54) is 75.2 Å². The number of imidazole rings is 1. The summed E-state index contributed by atoms with van der Waals surface area (Å²) >= 11 is 13.5. The number of aromatic nitrogens is 2. The Labute approximate surface area is 253 Å². The lowest BCUT2D eigenvalue weighted by Crippen LogP contribution is -2.61. The summed E-state index contributed by atoms with van der Waals surface area (Å²) in [4.78, 5) is 0. The Bertz CT molecular complexity index is 944. The fourth-order valence-electron chi connectivity index (χ4n) is 4.61. The normalized spacial score (nSPS) is 13.4. The Morgan fingerprint density at radius 1 is 0.537 bits per heavy atom. The Morgan fingerprint density at radius 3 is 1.24 bits per heavy atom. The smallest absolute Gasteiger partial charge is 0.311 e. The van der Waals surface area contributed by atoms with Crippen molar-refractivity contribution < 1.29 is 39.5 Å². The van der Waals surface area contributed by atoms with Crippen molar-refractivity contribution in [3.63, 3.8) is 0 Å². The second kappa shape index (κ2) is 17.7. The molecule has 1 heterocycles. The van der Waals surface area contributed by atoms with Crippen LogP contribution in [0.25, 0.3) is 0 Å². The first-order valence-corrected chi connectivity index (χ1v) is 15.7. The summed E-state index contributed by atoms with van der Waals surface area (Å²) in [5.74, 6) is -19.2. The molecule has 41 heavy (non-hydrogen) atoms. The molecule has 0 aliphatic rings. The first-order valence-electron chi connectivity index (χ1n) is 14.4. The van der Waals surface area contributed by atoms with Gasteiger partial charge in [0.2, 0.25) is 0 Å². The molecule has 1 rings (SSSR count). The van der Waals surface area contributed by atoms with E-state index in [1.54, 1.807) is 0 Å². The van der Waals surface area contributed by atoms with Gasteiger partial charge in [0, 0.05) is 19.5 Å². The summed E-state index contributed by atoms with van der Waals surface area (Å²) in [5.41, 5.74) is 0. The van der Waals surface area contributed by atoms with Gasteiger partial charge in [0.15, 0.2) is 4.77 Å². The maximum absolute atomic E-state index is 14.0. The Balaban J connectivity index is 2.41. The maximum Gasteiger partial charge on any atom is 0.460 e. The van der Waals surface area contributed by atoms with E-state index in [-0.39, 0.29) is 14.8 Å². The zero-order chi connectivity index (χ0) is 31.3. The van der Waals surface area contributed by atoms with Gasteiger partial charge in [-0.15, -0.1) is 25.3 Å². The zero-order valence-electron chi connectivity index (χ0n) is 23.5. The molecule has 0 amide bonds. The van der Waals surface area contributed by atoms with Gasteiger partial charge in [-0.3, -0.25) is 0 Å². The maximum atomic E-state index is 14.0. The zero-order valence-corrected chi connectivity index (χ0v) is 26.1. The van der Waals surface area contributed by atoms with Gasteiger partial charge in [0.05, 0.1) is 0 Å². The van der Waals surface area contributed by atoms with E-state index in [0.29, 0.717) is 13.0 Å². The van der Waals surface area contributed by atoms with Crippen LogP contribution in [-0.2, 0) is 13.1 Å². The molecule has 0 spiro atoms. The predicted molar refractivity (Wildman–Crippen MR) is 153 cm³/mol. The average molecular weight is 663 g/mol. The molecule has 0 aromatic carbocycles. The quantitative estimate of drug-likeness (QED) is 0.0544. The lowest BCUT2D eigenvalue weighted by molar-refractivity contribution is -0.397. The van der Waals surface area contributed by atoms with Crippen molar-refractivity contribution in [2.45, 2.75) is 163 Å². The predicted octanol–water partition coefficient (Wildman–Crippen LogP) is 11.7. The molecule has 2 nitrogen and oxygen atoms in total. The molecule has 1 aromatic heterocycles. The highest BCUT2D eigenvalue weighted by molar-refractivity contribution is 7.83. The van der Waals surface area contributed by atoms with Crippen LogP contribution in [0.1, 0.15) is 116 Å². The molecular weight excluding hydrogens is 619 g/mol. The Hall–Kier alpha value is -0.500. The van der Waals surface area contributed by atoms with E-state index in [4.69, 9.17) is 12.2 Å². The number of halogens is 9. The summed E-state index contributed by atoms with van der Waals surface area (Å²) in [7, 11) is 0. The summed E-state index contributed by atoms with van der Waals surface area (Å²) in [6, 6.07) is 0. The number of nitrogens with zero attached hydrogens (tertiary/aromatic N) is 2. The number of rotatable bonds is 22. The SMILES string of the molecule is CCCCCCCCCCCCCCCCCCn1c(S)c(S)n(CCC(F)(F)C(F)(F)C(F)(F)C(F)(F)F)c1=S. The standard InChI is InChI=1S/C27H43F9N2S3/c1-2-3-4-5-6-7-8-9-10-11-12-13-14-15-16-17-19-37-21(39)22(40)38(23(37)41)20-18-24(28,29)25(30,31)26(32,33)27(34,35)36/h39-40H,2-20H2,1H3. The second-order valence-electron chi connectivity index (χ2n) is 10.6. The number of unbranched alkanes of at least 4 members (excludes halogenated alkanes) is 15. The van der Waals surface area contributed by atoms with Crippen LogP contribution < -0.4 is 0 Å². The van der Waals surface area contributed by atoms with E-state index in [2.05, 4.69) is 32.2 Å². The molecule has 0 bridgehead atoms. The van der Waals surface area contributed by atoms with Crippen LogP contribution in [0.15, 0.2) is 10.1 Å². The minimum Gasteiger partial charge on any atom is -0.311 e. The summed E-state index contributed by atoms with van der Waals surface area (Å²) in [6.45, 7) is 1.51. The van der Waals surface area contributed by atoms with Gasteiger partial charge in [0.25, 0.3) is 0 Å². The van der Waals surface area contributed by atoms with Crippen LogP contribution in [0.3, 0.4) is 0 Å². The van der Waals surface area contributed by atoms with Crippen molar-refractivity contribution in [3.05, 3.63) is 4.77 Å². The Kier molecular flexibility index (Phi) is 16.6. The third-order valence-corrected chi connectivity index (χ3v) is 8.79. The molecule has 1 aromatic rings. The van der Waals surface area contributed by atoms with Crippen LogP contribution in [-0.4, -0.2) is 33.1 Å². The molecule has 14 heteroatoms. The van der Waals surface area contributed by atoms with Crippen LogP contribution in [0, 0.1) is 4.77 Å².